The Balaban J connectivity index is 1.65. The highest BCUT2D eigenvalue weighted by molar-refractivity contribution is 5.81. The zero-order chi connectivity index (χ0) is 20.6. The van der Waals surface area contributed by atoms with Crippen molar-refractivity contribution in [1.29, 1.82) is 0 Å². The van der Waals surface area contributed by atoms with Gasteiger partial charge in [0.05, 0.1) is 13.2 Å². The number of H-pyrrole nitrogens is 1. The molecule has 29 heavy (non-hydrogen) atoms. The molecular formula is C21H24F2N4O2. The van der Waals surface area contributed by atoms with Gasteiger partial charge in [-0.05, 0) is 30.5 Å². The molecule has 0 atom stereocenters. The largest absolute Gasteiger partial charge is 0.490 e. The zero-order valence-corrected chi connectivity index (χ0v) is 16.3. The van der Waals surface area contributed by atoms with Crippen LogP contribution in [0.15, 0.2) is 53.5 Å². The molecule has 154 valence electrons. The highest BCUT2D eigenvalue weighted by Crippen LogP contribution is 2.32. The number of rotatable bonds is 8. The summed E-state index contributed by atoms with van der Waals surface area (Å²) in [5, 5.41) is 7.45. The second-order valence-electron chi connectivity index (χ2n) is 6.22. The predicted octanol–water partition coefficient (Wildman–Crippen LogP) is 4.03. The lowest BCUT2D eigenvalue weighted by Gasteiger charge is -2.17. The van der Waals surface area contributed by atoms with Gasteiger partial charge in [0, 0.05) is 30.4 Å². The quantitative estimate of drug-likeness (QED) is 0.393. The average Bonchev–Trinajstić information content (AvgIpc) is 3.13. The van der Waals surface area contributed by atoms with E-state index in [9.17, 15) is 8.78 Å². The molecule has 2 aromatic carbocycles. The van der Waals surface area contributed by atoms with Crippen LogP contribution in [0.4, 0.5) is 8.78 Å². The van der Waals surface area contributed by atoms with Crippen LogP contribution in [-0.2, 0) is 13.1 Å². The number of guanidine groups is 1. The van der Waals surface area contributed by atoms with Crippen molar-refractivity contribution in [2.45, 2.75) is 26.6 Å². The standard InChI is InChI=1S/C21H24F2N4O2/c1-3-28-18-10-6-8-15(19(18)29-20(22)23)12-25-21(24-2)26-13-16-11-14-7-4-5-9-17(14)27-16/h4-11,20,27H,3,12-13H2,1-2H3,(H2,24,25,26). The van der Waals surface area contributed by atoms with Crippen molar-refractivity contribution < 1.29 is 18.3 Å². The Morgan fingerprint density at radius 2 is 1.90 bits per heavy atom. The Morgan fingerprint density at radius 1 is 1.10 bits per heavy atom. The van der Waals surface area contributed by atoms with Crippen molar-refractivity contribution in [3.05, 3.63) is 59.8 Å². The Bertz CT molecular complexity index is 939. The summed E-state index contributed by atoms with van der Waals surface area (Å²) in [4.78, 5) is 7.52. The van der Waals surface area contributed by atoms with E-state index < -0.39 is 6.61 Å². The van der Waals surface area contributed by atoms with Gasteiger partial charge in [0.2, 0.25) is 0 Å². The van der Waals surface area contributed by atoms with Gasteiger partial charge in [-0.25, -0.2) is 0 Å². The Morgan fingerprint density at radius 3 is 2.62 bits per heavy atom. The SMILES string of the molecule is CCOc1cccc(CNC(=NC)NCc2cc3ccccc3[nH]2)c1OC(F)F. The van der Waals surface area contributed by atoms with Crippen molar-refractivity contribution in [3.8, 4) is 11.5 Å². The van der Waals surface area contributed by atoms with Gasteiger partial charge in [-0.3, -0.25) is 4.99 Å². The van der Waals surface area contributed by atoms with E-state index in [-0.39, 0.29) is 18.0 Å². The highest BCUT2D eigenvalue weighted by Gasteiger charge is 2.16. The number of ether oxygens (including phenoxy) is 2. The van der Waals surface area contributed by atoms with Crippen LogP contribution in [-0.4, -0.2) is 31.2 Å². The summed E-state index contributed by atoms with van der Waals surface area (Å²) < 4.78 is 35.8. The fraction of sp³-hybridized carbons (Fsp3) is 0.286. The van der Waals surface area contributed by atoms with Crippen molar-refractivity contribution in [2.75, 3.05) is 13.7 Å². The van der Waals surface area contributed by atoms with Crippen LogP contribution in [0, 0.1) is 0 Å². The molecule has 0 radical (unpaired) electrons. The van der Waals surface area contributed by atoms with Crippen molar-refractivity contribution in [3.63, 3.8) is 0 Å². The number of hydrogen-bond donors (Lipinski definition) is 3. The van der Waals surface area contributed by atoms with Crippen LogP contribution in [0.1, 0.15) is 18.2 Å². The molecule has 0 aliphatic heterocycles. The summed E-state index contributed by atoms with van der Waals surface area (Å²) in [5.41, 5.74) is 2.62. The van der Waals surface area contributed by atoms with E-state index in [4.69, 9.17) is 9.47 Å². The first-order valence-corrected chi connectivity index (χ1v) is 9.31. The number of benzene rings is 2. The Hall–Kier alpha value is -3.29. The summed E-state index contributed by atoms with van der Waals surface area (Å²) in [7, 11) is 1.65. The van der Waals surface area contributed by atoms with E-state index >= 15 is 0 Å². The molecule has 8 heteroatoms. The smallest absolute Gasteiger partial charge is 0.387 e. The Kier molecular flexibility index (Phi) is 6.89. The lowest BCUT2D eigenvalue weighted by Crippen LogP contribution is -2.36. The van der Waals surface area contributed by atoms with Gasteiger partial charge in [0.15, 0.2) is 17.5 Å². The second-order valence-corrected chi connectivity index (χ2v) is 6.22. The van der Waals surface area contributed by atoms with E-state index in [1.165, 1.54) is 0 Å². The fourth-order valence-electron chi connectivity index (χ4n) is 3.00. The molecule has 0 saturated heterocycles. The number of aliphatic imine (C=N–C) groups is 1. The van der Waals surface area contributed by atoms with Crippen LogP contribution >= 0.6 is 0 Å². The van der Waals surface area contributed by atoms with Crippen LogP contribution in [0.25, 0.3) is 10.9 Å². The van der Waals surface area contributed by atoms with E-state index in [1.807, 2.05) is 24.3 Å². The van der Waals surface area contributed by atoms with Crippen LogP contribution < -0.4 is 20.1 Å². The van der Waals surface area contributed by atoms with Crippen molar-refractivity contribution in [2.24, 2.45) is 4.99 Å². The number of aromatic amines is 1. The molecular weight excluding hydrogens is 378 g/mol. The minimum Gasteiger partial charge on any atom is -0.490 e. The van der Waals surface area contributed by atoms with E-state index in [0.29, 0.717) is 24.7 Å². The summed E-state index contributed by atoms with van der Waals surface area (Å²) in [6.07, 6.45) is 0. The number of hydrogen-bond acceptors (Lipinski definition) is 3. The van der Waals surface area contributed by atoms with Gasteiger partial charge in [-0.1, -0.05) is 30.3 Å². The third-order valence-corrected chi connectivity index (χ3v) is 4.27. The molecule has 6 nitrogen and oxygen atoms in total. The van der Waals surface area contributed by atoms with Gasteiger partial charge in [0.1, 0.15) is 0 Å². The number of nitrogens with one attached hydrogen (secondary N) is 3. The molecule has 1 heterocycles. The topological polar surface area (TPSA) is 70.7 Å². The molecule has 0 spiro atoms. The lowest BCUT2D eigenvalue weighted by atomic mass is 10.2. The molecule has 0 aliphatic carbocycles. The molecule has 0 unspecified atom stereocenters. The maximum absolute atomic E-state index is 12.8. The normalized spacial score (nSPS) is 11.7. The van der Waals surface area contributed by atoms with E-state index in [2.05, 4.69) is 26.7 Å². The van der Waals surface area contributed by atoms with E-state index in [0.717, 1.165) is 16.6 Å². The molecule has 0 aliphatic rings. The van der Waals surface area contributed by atoms with Crippen molar-refractivity contribution >= 4 is 16.9 Å². The van der Waals surface area contributed by atoms with Crippen LogP contribution in [0.5, 0.6) is 11.5 Å². The number of alkyl halides is 2. The molecule has 3 aromatic rings. The molecule has 1 aromatic heterocycles. The Labute approximate surface area is 167 Å². The first-order valence-electron chi connectivity index (χ1n) is 9.31. The first-order chi connectivity index (χ1) is 14.1. The van der Waals surface area contributed by atoms with Gasteiger partial charge in [0.25, 0.3) is 0 Å². The van der Waals surface area contributed by atoms with Gasteiger partial charge >= 0.3 is 6.61 Å². The first kappa shape index (κ1) is 20.4. The maximum Gasteiger partial charge on any atom is 0.387 e. The van der Waals surface area contributed by atoms with Crippen LogP contribution in [0.3, 0.4) is 0 Å². The molecule has 0 fully saturated rings. The minimum atomic E-state index is -2.94. The molecule has 0 amide bonds. The third kappa shape index (κ3) is 5.37. The van der Waals surface area contributed by atoms with Gasteiger partial charge in [-0.15, -0.1) is 0 Å². The number of halogens is 2. The van der Waals surface area contributed by atoms with Gasteiger partial charge in [-0.2, -0.15) is 8.78 Å². The minimum absolute atomic E-state index is 0.0305. The van der Waals surface area contributed by atoms with E-state index in [1.54, 1.807) is 32.2 Å². The number of nitrogens with zero attached hydrogens (tertiary/aromatic N) is 1. The molecule has 0 bridgehead atoms. The maximum atomic E-state index is 12.8. The molecule has 3 rings (SSSR count). The lowest BCUT2D eigenvalue weighted by molar-refractivity contribution is -0.0520. The second kappa shape index (κ2) is 9.77. The number of fused-ring (bicyclic) bond motifs is 1. The number of aromatic nitrogens is 1. The summed E-state index contributed by atoms with van der Waals surface area (Å²) in [6, 6.07) is 15.1. The van der Waals surface area contributed by atoms with Crippen LogP contribution in [0.2, 0.25) is 0 Å². The molecule has 0 saturated carbocycles. The number of para-hydroxylation sites is 2. The summed E-state index contributed by atoms with van der Waals surface area (Å²) in [5.74, 6) is 0.851. The summed E-state index contributed by atoms with van der Waals surface area (Å²) in [6.45, 7) is -0.0186. The highest BCUT2D eigenvalue weighted by atomic mass is 19.3. The summed E-state index contributed by atoms with van der Waals surface area (Å²) >= 11 is 0. The fourth-order valence-corrected chi connectivity index (χ4v) is 3.00. The van der Waals surface area contributed by atoms with Gasteiger partial charge < -0.3 is 25.1 Å². The predicted molar refractivity (Wildman–Crippen MR) is 110 cm³/mol. The third-order valence-electron chi connectivity index (χ3n) is 4.27. The molecule has 3 N–H and O–H groups in total. The van der Waals surface area contributed by atoms with Crippen molar-refractivity contribution in [1.82, 2.24) is 15.6 Å². The zero-order valence-electron chi connectivity index (χ0n) is 16.3. The monoisotopic (exact) mass is 402 g/mol. The average molecular weight is 402 g/mol.